The van der Waals surface area contributed by atoms with Crippen molar-refractivity contribution in [3.05, 3.63) is 24.3 Å². The number of hydrogen-bond donors (Lipinski definition) is 4. The molecule has 0 aromatic carbocycles. The van der Waals surface area contributed by atoms with Gasteiger partial charge in [-0.2, -0.15) is 0 Å². The lowest BCUT2D eigenvalue weighted by Crippen LogP contribution is -2.21. The maximum atomic E-state index is 10.5. The van der Waals surface area contributed by atoms with Crippen LogP contribution >= 0.6 is 0 Å². The van der Waals surface area contributed by atoms with Crippen molar-refractivity contribution in [3.63, 3.8) is 0 Å². The van der Waals surface area contributed by atoms with Crippen molar-refractivity contribution in [2.45, 2.75) is 70.2 Å². The Kier molecular flexibility index (Phi) is 9.14. The first-order valence-electron chi connectivity index (χ1n) is 8.55. The van der Waals surface area contributed by atoms with Gasteiger partial charge in [-0.25, -0.2) is 0 Å². The molecule has 132 valence electrons. The lowest BCUT2D eigenvalue weighted by molar-refractivity contribution is -0.137. The summed E-state index contributed by atoms with van der Waals surface area (Å²) in [6.07, 6.45) is 9.59. The number of aliphatic hydroxyl groups excluding tert-OH is 3. The van der Waals surface area contributed by atoms with Gasteiger partial charge in [-0.05, 0) is 31.6 Å². The molecule has 1 rings (SSSR count). The highest BCUT2D eigenvalue weighted by Crippen LogP contribution is 2.37. The summed E-state index contributed by atoms with van der Waals surface area (Å²) in [5.41, 5.74) is 0. The predicted octanol–water partition coefficient (Wildman–Crippen LogP) is 2.26. The van der Waals surface area contributed by atoms with Gasteiger partial charge in [0.1, 0.15) is 0 Å². The number of hydrogen-bond acceptors (Lipinski definition) is 4. The standard InChI is InChI=1S/C18H30O5/c1-2-3-4-7-13(19)10-11-15-14(16(20)12-17(15)21)8-5-6-9-18(22)23/h3-4,10-11,13-17,19-21H,2,5-9,12H2,1H3,(H,22,23)/b4-3-,11-10+/t13-,14+,15-,16+,17-/m1/s1. The van der Waals surface area contributed by atoms with Crippen molar-refractivity contribution in [1.29, 1.82) is 0 Å². The Bertz CT molecular complexity index is 404. The number of unbranched alkanes of at least 4 members (excludes halogenated alkanes) is 1. The molecule has 0 saturated heterocycles. The van der Waals surface area contributed by atoms with Crippen LogP contribution in [0.2, 0.25) is 0 Å². The summed E-state index contributed by atoms with van der Waals surface area (Å²) in [6.45, 7) is 2.03. The molecule has 1 saturated carbocycles. The van der Waals surface area contributed by atoms with Gasteiger partial charge < -0.3 is 20.4 Å². The van der Waals surface area contributed by atoms with Crippen LogP contribution in [0.3, 0.4) is 0 Å². The molecule has 0 aromatic rings. The molecule has 0 aliphatic heterocycles. The first kappa shape index (κ1) is 19.9. The third-order valence-corrected chi connectivity index (χ3v) is 4.43. The maximum Gasteiger partial charge on any atom is 0.303 e. The monoisotopic (exact) mass is 326 g/mol. The third kappa shape index (κ3) is 7.29. The SMILES string of the molecule is CC/C=C\C[C@@H](O)/C=C/[C@@H]1[C@H](CCCCC(=O)O)[C@@H](O)C[C@H]1O. The number of carboxylic acids is 1. The van der Waals surface area contributed by atoms with Gasteiger partial charge in [0.15, 0.2) is 0 Å². The lowest BCUT2D eigenvalue weighted by atomic mass is 9.88. The van der Waals surface area contributed by atoms with Gasteiger partial charge in [0.25, 0.3) is 0 Å². The second kappa shape index (κ2) is 10.6. The zero-order chi connectivity index (χ0) is 17.2. The molecule has 5 nitrogen and oxygen atoms in total. The molecular formula is C18H30O5. The van der Waals surface area contributed by atoms with Gasteiger partial charge in [0, 0.05) is 18.8 Å². The van der Waals surface area contributed by atoms with E-state index in [4.69, 9.17) is 5.11 Å². The van der Waals surface area contributed by atoms with Gasteiger partial charge in [0.2, 0.25) is 0 Å². The summed E-state index contributed by atoms with van der Waals surface area (Å²) in [7, 11) is 0. The van der Waals surface area contributed by atoms with Gasteiger partial charge in [0.05, 0.1) is 18.3 Å². The normalized spacial score (nSPS) is 29.6. The van der Waals surface area contributed by atoms with Crippen LogP contribution in [-0.2, 0) is 4.79 Å². The number of aliphatic carboxylic acids is 1. The molecule has 0 bridgehead atoms. The average Bonchev–Trinajstić information content (AvgIpc) is 2.75. The Morgan fingerprint density at radius 1 is 1.22 bits per heavy atom. The van der Waals surface area contributed by atoms with Crippen LogP contribution in [0.15, 0.2) is 24.3 Å². The molecule has 1 fully saturated rings. The smallest absolute Gasteiger partial charge is 0.303 e. The second-order valence-corrected chi connectivity index (χ2v) is 6.32. The zero-order valence-corrected chi connectivity index (χ0v) is 13.8. The van der Waals surface area contributed by atoms with Crippen molar-refractivity contribution in [3.8, 4) is 0 Å². The Balaban J connectivity index is 2.51. The summed E-state index contributed by atoms with van der Waals surface area (Å²) < 4.78 is 0. The molecule has 0 spiro atoms. The third-order valence-electron chi connectivity index (χ3n) is 4.43. The summed E-state index contributed by atoms with van der Waals surface area (Å²) in [4.78, 5) is 10.5. The van der Waals surface area contributed by atoms with Crippen molar-refractivity contribution < 1.29 is 25.2 Å². The summed E-state index contributed by atoms with van der Waals surface area (Å²) >= 11 is 0. The van der Waals surface area contributed by atoms with Gasteiger partial charge in [-0.15, -0.1) is 0 Å². The first-order valence-corrected chi connectivity index (χ1v) is 8.55. The van der Waals surface area contributed by atoms with Gasteiger partial charge in [-0.3, -0.25) is 4.79 Å². The molecular weight excluding hydrogens is 296 g/mol. The van der Waals surface area contributed by atoms with Crippen LogP contribution in [0.5, 0.6) is 0 Å². The summed E-state index contributed by atoms with van der Waals surface area (Å²) in [5.74, 6) is -1.07. The summed E-state index contributed by atoms with van der Waals surface area (Å²) in [5, 5.41) is 38.7. The van der Waals surface area contributed by atoms with E-state index in [9.17, 15) is 20.1 Å². The number of aliphatic hydroxyl groups is 3. The molecule has 1 aliphatic rings. The fourth-order valence-corrected chi connectivity index (χ4v) is 3.17. The van der Waals surface area contributed by atoms with E-state index in [-0.39, 0.29) is 18.3 Å². The molecule has 1 aliphatic carbocycles. The van der Waals surface area contributed by atoms with E-state index in [2.05, 4.69) is 0 Å². The van der Waals surface area contributed by atoms with E-state index >= 15 is 0 Å². The topological polar surface area (TPSA) is 98.0 Å². The Morgan fingerprint density at radius 3 is 2.61 bits per heavy atom. The quantitative estimate of drug-likeness (QED) is 0.365. The Morgan fingerprint density at radius 2 is 1.96 bits per heavy atom. The van der Waals surface area contributed by atoms with E-state index in [1.807, 2.05) is 25.2 Å². The van der Waals surface area contributed by atoms with E-state index < -0.39 is 24.3 Å². The first-order chi connectivity index (χ1) is 11.0. The van der Waals surface area contributed by atoms with Crippen molar-refractivity contribution in [2.75, 3.05) is 0 Å². The van der Waals surface area contributed by atoms with E-state index in [1.165, 1.54) is 0 Å². The largest absolute Gasteiger partial charge is 0.481 e. The van der Waals surface area contributed by atoms with E-state index in [1.54, 1.807) is 6.08 Å². The minimum Gasteiger partial charge on any atom is -0.481 e. The molecule has 5 atom stereocenters. The van der Waals surface area contributed by atoms with E-state index in [0.29, 0.717) is 32.1 Å². The summed E-state index contributed by atoms with van der Waals surface area (Å²) in [6, 6.07) is 0. The van der Waals surface area contributed by atoms with Crippen LogP contribution in [0.4, 0.5) is 0 Å². The zero-order valence-electron chi connectivity index (χ0n) is 13.8. The van der Waals surface area contributed by atoms with Crippen LogP contribution in [-0.4, -0.2) is 44.7 Å². The maximum absolute atomic E-state index is 10.5. The highest BCUT2D eigenvalue weighted by atomic mass is 16.4. The number of carboxylic acid groups (broad SMARTS) is 1. The molecule has 5 heteroatoms. The molecule has 0 unspecified atom stereocenters. The van der Waals surface area contributed by atoms with Crippen LogP contribution < -0.4 is 0 Å². The fraction of sp³-hybridized carbons (Fsp3) is 0.722. The van der Waals surface area contributed by atoms with Gasteiger partial charge in [-0.1, -0.05) is 37.6 Å². The van der Waals surface area contributed by atoms with E-state index in [0.717, 1.165) is 6.42 Å². The van der Waals surface area contributed by atoms with Crippen LogP contribution in [0, 0.1) is 11.8 Å². The van der Waals surface area contributed by atoms with Crippen LogP contribution in [0.1, 0.15) is 51.9 Å². The highest BCUT2D eigenvalue weighted by Gasteiger charge is 2.39. The number of rotatable bonds is 10. The molecule has 0 aromatic heterocycles. The molecule has 0 amide bonds. The second-order valence-electron chi connectivity index (χ2n) is 6.32. The Labute approximate surface area is 138 Å². The number of carbonyl (C=O) groups is 1. The van der Waals surface area contributed by atoms with Crippen molar-refractivity contribution in [2.24, 2.45) is 11.8 Å². The number of allylic oxidation sites excluding steroid dienone is 1. The minimum absolute atomic E-state index is 0.0755. The van der Waals surface area contributed by atoms with Crippen molar-refractivity contribution >= 4 is 5.97 Å². The average molecular weight is 326 g/mol. The van der Waals surface area contributed by atoms with Gasteiger partial charge >= 0.3 is 5.97 Å². The molecule has 4 N–H and O–H groups in total. The van der Waals surface area contributed by atoms with Crippen LogP contribution in [0.25, 0.3) is 0 Å². The molecule has 0 radical (unpaired) electrons. The fourth-order valence-electron chi connectivity index (χ4n) is 3.17. The predicted molar refractivity (Wildman–Crippen MR) is 88.9 cm³/mol. The molecule has 0 heterocycles. The van der Waals surface area contributed by atoms with Crippen molar-refractivity contribution in [1.82, 2.24) is 0 Å². The highest BCUT2D eigenvalue weighted by molar-refractivity contribution is 5.66. The molecule has 23 heavy (non-hydrogen) atoms. The Hall–Kier alpha value is -1.17. The lowest BCUT2D eigenvalue weighted by Gasteiger charge is -2.21. The minimum atomic E-state index is -0.809.